The van der Waals surface area contributed by atoms with E-state index < -0.39 is 23.9 Å². The zero-order valence-corrected chi connectivity index (χ0v) is 21.4. The molecule has 2 aromatic carbocycles. The molecular weight excluding hydrogens is 464 g/mol. The van der Waals surface area contributed by atoms with Gasteiger partial charge in [0.15, 0.2) is 0 Å². The lowest BCUT2D eigenvalue weighted by atomic mass is 9.95. The normalized spacial score (nSPS) is 10.4. The highest BCUT2D eigenvalue weighted by Crippen LogP contribution is 2.27. The van der Waals surface area contributed by atoms with E-state index in [4.69, 9.17) is 18.9 Å². The molecule has 8 nitrogen and oxygen atoms in total. The molecule has 0 bridgehead atoms. The average Bonchev–Trinajstić information content (AvgIpc) is 2.91. The minimum absolute atomic E-state index is 0.0589. The lowest BCUT2D eigenvalue weighted by Crippen LogP contribution is -2.16. The van der Waals surface area contributed by atoms with E-state index in [2.05, 4.69) is 0 Å². The van der Waals surface area contributed by atoms with Gasteiger partial charge in [-0.05, 0) is 61.1 Å². The average molecular weight is 499 g/mol. The molecule has 0 saturated carbocycles. The fraction of sp³-hybridized carbons (Fsp3) is 0.429. The SMILES string of the molecule is CCCOC(=O)c1ccc(-c2ccc(C(=O)OCCC)c(C(=O)OCCC)c2)cc1C(=O)OCCC. The molecule has 0 aliphatic rings. The number of carbonyl (C=O) groups is 4. The summed E-state index contributed by atoms with van der Waals surface area (Å²) in [7, 11) is 0. The molecular formula is C28H34O8. The largest absolute Gasteiger partial charge is 0.462 e. The predicted molar refractivity (Wildman–Crippen MR) is 134 cm³/mol. The van der Waals surface area contributed by atoms with Crippen LogP contribution in [0.25, 0.3) is 11.1 Å². The third kappa shape index (κ3) is 7.66. The Hall–Kier alpha value is -3.68. The highest BCUT2D eigenvalue weighted by Gasteiger charge is 2.23. The predicted octanol–water partition coefficient (Wildman–Crippen LogP) is 5.62. The quantitative estimate of drug-likeness (QED) is 0.259. The molecule has 0 radical (unpaired) electrons. The summed E-state index contributed by atoms with van der Waals surface area (Å²) in [5.41, 5.74) is 1.39. The lowest BCUT2D eigenvalue weighted by Gasteiger charge is -2.14. The first-order chi connectivity index (χ1) is 17.4. The summed E-state index contributed by atoms with van der Waals surface area (Å²) in [5.74, 6) is -2.54. The van der Waals surface area contributed by atoms with E-state index in [0.717, 1.165) is 0 Å². The molecule has 36 heavy (non-hydrogen) atoms. The van der Waals surface area contributed by atoms with Crippen LogP contribution < -0.4 is 0 Å². The third-order valence-electron chi connectivity index (χ3n) is 5.00. The van der Waals surface area contributed by atoms with E-state index in [1.54, 1.807) is 12.1 Å². The molecule has 2 rings (SSSR count). The van der Waals surface area contributed by atoms with Crippen molar-refractivity contribution in [3.05, 3.63) is 58.7 Å². The zero-order valence-electron chi connectivity index (χ0n) is 21.4. The molecule has 0 amide bonds. The Bertz CT molecular complexity index is 988. The third-order valence-corrected chi connectivity index (χ3v) is 5.00. The second-order valence-electron chi connectivity index (χ2n) is 8.06. The van der Waals surface area contributed by atoms with Crippen molar-refractivity contribution in [3.8, 4) is 11.1 Å². The van der Waals surface area contributed by atoms with Gasteiger partial charge in [-0.1, -0.05) is 39.8 Å². The van der Waals surface area contributed by atoms with Gasteiger partial charge in [-0.25, -0.2) is 19.2 Å². The molecule has 0 atom stereocenters. The molecule has 0 spiro atoms. The first kappa shape index (κ1) is 28.6. The minimum atomic E-state index is -0.649. The Morgan fingerprint density at radius 1 is 0.472 bits per heavy atom. The van der Waals surface area contributed by atoms with Crippen LogP contribution >= 0.6 is 0 Å². The fourth-order valence-corrected chi connectivity index (χ4v) is 3.23. The van der Waals surface area contributed by atoms with Gasteiger partial charge in [-0.2, -0.15) is 0 Å². The van der Waals surface area contributed by atoms with Gasteiger partial charge in [0, 0.05) is 0 Å². The van der Waals surface area contributed by atoms with Gasteiger partial charge < -0.3 is 18.9 Å². The molecule has 0 aliphatic heterocycles. The summed E-state index contributed by atoms with van der Waals surface area (Å²) in [4.78, 5) is 50.6. The van der Waals surface area contributed by atoms with E-state index in [9.17, 15) is 19.2 Å². The Morgan fingerprint density at radius 2 is 0.750 bits per heavy atom. The summed E-state index contributed by atoms with van der Waals surface area (Å²) in [5, 5.41) is 0. The van der Waals surface area contributed by atoms with Crippen molar-refractivity contribution in [2.75, 3.05) is 26.4 Å². The number of carbonyl (C=O) groups excluding carboxylic acids is 4. The maximum atomic E-state index is 12.8. The van der Waals surface area contributed by atoms with E-state index >= 15 is 0 Å². The van der Waals surface area contributed by atoms with Crippen LogP contribution in [-0.4, -0.2) is 50.3 Å². The highest BCUT2D eigenvalue weighted by molar-refractivity contribution is 6.06. The van der Waals surface area contributed by atoms with Gasteiger partial charge in [0.2, 0.25) is 0 Å². The number of ether oxygens (including phenoxy) is 4. The van der Waals surface area contributed by atoms with E-state index in [1.165, 1.54) is 24.3 Å². The minimum Gasteiger partial charge on any atom is -0.462 e. The van der Waals surface area contributed by atoms with Crippen LogP contribution in [0.1, 0.15) is 94.8 Å². The summed E-state index contributed by atoms with van der Waals surface area (Å²) >= 11 is 0. The number of rotatable bonds is 13. The Kier molecular flexibility index (Phi) is 11.6. The smallest absolute Gasteiger partial charge is 0.339 e. The number of benzene rings is 2. The second kappa shape index (κ2) is 14.7. The summed E-state index contributed by atoms with van der Waals surface area (Å²) < 4.78 is 21.0. The first-order valence-electron chi connectivity index (χ1n) is 12.3. The highest BCUT2D eigenvalue weighted by atomic mass is 16.5. The zero-order chi connectivity index (χ0) is 26.5. The monoisotopic (exact) mass is 498 g/mol. The van der Waals surface area contributed by atoms with Crippen LogP contribution in [-0.2, 0) is 18.9 Å². The molecule has 0 aliphatic carbocycles. The number of hydrogen-bond acceptors (Lipinski definition) is 8. The van der Waals surface area contributed by atoms with Gasteiger partial charge in [-0.3, -0.25) is 0 Å². The molecule has 194 valence electrons. The number of hydrogen-bond donors (Lipinski definition) is 0. The van der Waals surface area contributed by atoms with Crippen molar-refractivity contribution in [1.29, 1.82) is 0 Å². The molecule has 0 unspecified atom stereocenters. The molecule has 2 aromatic rings. The van der Waals surface area contributed by atoms with Gasteiger partial charge in [-0.15, -0.1) is 0 Å². The van der Waals surface area contributed by atoms with Gasteiger partial charge in [0.05, 0.1) is 48.7 Å². The van der Waals surface area contributed by atoms with E-state index in [-0.39, 0.29) is 48.7 Å². The molecule has 0 saturated heterocycles. The topological polar surface area (TPSA) is 105 Å². The second-order valence-corrected chi connectivity index (χ2v) is 8.06. The Labute approximate surface area is 211 Å². The molecule has 0 N–H and O–H groups in total. The maximum Gasteiger partial charge on any atom is 0.339 e. The standard InChI is InChI=1S/C28H34O8/c1-5-13-33-25(29)21-11-9-19(17-23(21)27(31)35-15-7-3)20-10-12-22(26(30)34-14-6-2)24(18-20)28(32)36-16-8-4/h9-12,17-18H,5-8,13-16H2,1-4H3. The molecule has 8 heteroatoms. The maximum absolute atomic E-state index is 12.8. The van der Waals surface area contributed by atoms with Crippen LogP contribution in [0.4, 0.5) is 0 Å². The summed E-state index contributed by atoms with van der Waals surface area (Å²) in [6.45, 7) is 8.34. The fourth-order valence-electron chi connectivity index (χ4n) is 3.23. The van der Waals surface area contributed by atoms with Gasteiger partial charge in [0.25, 0.3) is 0 Å². The molecule has 0 aromatic heterocycles. The van der Waals surface area contributed by atoms with Crippen molar-refractivity contribution in [3.63, 3.8) is 0 Å². The van der Waals surface area contributed by atoms with Crippen LogP contribution in [0, 0.1) is 0 Å². The van der Waals surface area contributed by atoms with Crippen LogP contribution in [0.15, 0.2) is 36.4 Å². The van der Waals surface area contributed by atoms with Crippen molar-refractivity contribution in [1.82, 2.24) is 0 Å². The van der Waals surface area contributed by atoms with Gasteiger partial charge >= 0.3 is 23.9 Å². The van der Waals surface area contributed by atoms with E-state index in [0.29, 0.717) is 36.8 Å². The van der Waals surface area contributed by atoms with Crippen LogP contribution in [0.5, 0.6) is 0 Å². The van der Waals surface area contributed by atoms with Crippen molar-refractivity contribution in [2.45, 2.75) is 53.4 Å². The van der Waals surface area contributed by atoms with Crippen molar-refractivity contribution in [2.24, 2.45) is 0 Å². The summed E-state index contributed by atoms with van der Waals surface area (Å²) in [6.07, 6.45) is 2.53. The summed E-state index contributed by atoms with van der Waals surface area (Å²) in [6, 6.07) is 9.32. The van der Waals surface area contributed by atoms with Crippen molar-refractivity contribution >= 4 is 23.9 Å². The molecule has 0 fully saturated rings. The number of esters is 4. The Balaban J connectivity index is 2.55. The van der Waals surface area contributed by atoms with Gasteiger partial charge in [0.1, 0.15) is 0 Å². The first-order valence-corrected chi connectivity index (χ1v) is 12.3. The lowest BCUT2D eigenvalue weighted by molar-refractivity contribution is 0.0458. The van der Waals surface area contributed by atoms with Crippen LogP contribution in [0.3, 0.4) is 0 Å². The van der Waals surface area contributed by atoms with Crippen molar-refractivity contribution < 1.29 is 38.1 Å². The van der Waals surface area contributed by atoms with E-state index in [1.807, 2.05) is 27.7 Å². The van der Waals surface area contributed by atoms with Crippen LogP contribution in [0.2, 0.25) is 0 Å². The Morgan fingerprint density at radius 3 is 1.03 bits per heavy atom. The molecule has 0 heterocycles.